The number of alkyl halides is 3. The summed E-state index contributed by atoms with van der Waals surface area (Å²) in [6.07, 6.45) is -4.58. The molecular formula is C28H26ClF3N4O5S. The molecule has 2 aliphatic rings. The van der Waals surface area contributed by atoms with Crippen molar-refractivity contribution < 1.29 is 32.6 Å². The Hall–Kier alpha value is -3.68. The van der Waals surface area contributed by atoms with E-state index in [0.29, 0.717) is 21.2 Å². The third kappa shape index (κ3) is 5.32. The third-order valence-corrected chi connectivity index (χ3v) is 8.75. The highest BCUT2D eigenvalue weighted by Crippen LogP contribution is 2.45. The highest BCUT2D eigenvalue weighted by molar-refractivity contribution is 7.98. The first-order valence-electron chi connectivity index (χ1n) is 12.9. The van der Waals surface area contributed by atoms with Crippen LogP contribution in [0.3, 0.4) is 0 Å². The van der Waals surface area contributed by atoms with E-state index in [0.717, 1.165) is 33.9 Å². The Morgan fingerprint density at radius 2 is 1.88 bits per heavy atom. The van der Waals surface area contributed by atoms with Gasteiger partial charge in [-0.25, -0.2) is 4.79 Å². The van der Waals surface area contributed by atoms with Crippen LogP contribution in [0.5, 0.6) is 5.75 Å². The zero-order valence-electron chi connectivity index (χ0n) is 22.5. The van der Waals surface area contributed by atoms with Crippen LogP contribution in [-0.2, 0) is 5.75 Å². The Morgan fingerprint density at radius 1 is 1.17 bits per heavy atom. The van der Waals surface area contributed by atoms with E-state index in [2.05, 4.69) is 0 Å². The van der Waals surface area contributed by atoms with Gasteiger partial charge < -0.3 is 19.6 Å². The average molecular weight is 623 g/mol. The zero-order valence-corrected chi connectivity index (χ0v) is 24.0. The molecule has 14 heteroatoms. The van der Waals surface area contributed by atoms with Crippen LogP contribution < -0.4 is 15.2 Å². The van der Waals surface area contributed by atoms with Crippen molar-refractivity contribution in [1.82, 2.24) is 14.5 Å². The normalized spacial score (nSPS) is 17.1. The molecule has 0 bridgehead atoms. The summed E-state index contributed by atoms with van der Waals surface area (Å²) in [6, 6.07) is 10.8. The number of amides is 2. The summed E-state index contributed by atoms with van der Waals surface area (Å²) in [6.45, 7) is -0.194. The predicted octanol–water partition coefficient (Wildman–Crippen LogP) is 4.62. The number of benzene rings is 2. The number of rotatable bonds is 5. The fourth-order valence-electron chi connectivity index (χ4n) is 4.99. The van der Waals surface area contributed by atoms with Gasteiger partial charge >= 0.3 is 12.3 Å². The molecule has 5 rings (SSSR count). The number of nitrogens with zero attached hydrogens (tertiary/aromatic N) is 4. The number of carbonyl (C=O) groups is 2. The summed E-state index contributed by atoms with van der Waals surface area (Å²) in [7, 11) is 1.30. The summed E-state index contributed by atoms with van der Waals surface area (Å²) in [5.41, 5.74) is 0.830. The SMILES string of the molecule is C[C@@H](N1CN([C@@H]2c3ccccc3SCc3c(Cl)cccc32)n2ccc(=O)c(OC(=O)N(C)CCO)c2C1=O)C(F)(F)F. The number of likely N-dealkylation sites (N-methyl/N-ethyl adjacent to an activating group) is 1. The first-order valence-corrected chi connectivity index (χ1v) is 14.2. The number of aliphatic hydroxyl groups excluding tert-OH is 1. The number of fused-ring (bicyclic) bond motifs is 3. The predicted molar refractivity (Wildman–Crippen MR) is 151 cm³/mol. The van der Waals surface area contributed by atoms with Gasteiger partial charge in [-0.1, -0.05) is 41.9 Å². The smallest absolute Gasteiger partial charge is 0.403 e. The second-order valence-corrected chi connectivity index (χ2v) is 11.2. The van der Waals surface area contributed by atoms with Gasteiger partial charge in [0.05, 0.1) is 12.6 Å². The molecule has 0 saturated heterocycles. The van der Waals surface area contributed by atoms with Crippen LogP contribution in [-0.4, -0.2) is 70.7 Å². The molecule has 0 radical (unpaired) electrons. The molecular weight excluding hydrogens is 597 g/mol. The Morgan fingerprint density at radius 3 is 2.60 bits per heavy atom. The molecule has 0 fully saturated rings. The lowest BCUT2D eigenvalue weighted by Gasteiger charge is -2.46. The molecule has 222 valence electrons. The van der Waals surface area contributed by atoms with Gasteiger partial charge in [0.15, 0.2) is 5.69 Å². The quantitative estimate of drug-likeness (QED) is 0.444. The molecule has 2 aliphatic heterocycles. The number of pyridine rings is 1. The fraction of sp³-hybridized carbons (Fsp3) is 0.321. The molecule has 0 saturated carbocycles. The molecule has 3 heterocycles. The number of aliphatic hydroxyl groups is 1. The van der Waals surface area contributed by atoms with E-state index < -0.39 is 60.4 Å². The lowest BCUT2D eigenvalue weighted by Crippen LogP contribution is -2.60. The van der Waals surface area contributed by atoms with E-state index in [1.807, 2.05) is 30.3 Å². The maximum absolute atomic E-state index is 14.1. The lowest BCUT2D eigenvalue weighted by molar-refractivity contribution is -0.173. The number of halogens is 4. The van der Waals surface area contributed by atoms with E-state index >= 15 is 0 Å². The van der Waals surface area contributed by atoms with Crippen LogP contribution in [0.15, 0.2) is 64.4 Å². The van der Waals surface area contributed by atoms with Gasteiger partial charge in [-0.3, -0.25) is 19.3 Å². The first-order chi connectivity index (χ1) is 19.9. The Labute approximate surface area is 248 Å². The summed E-state index contributed by atoms with van der Waals surface area (Å²) < 4.78 is 48.9. The number of aromatic nitrogens is 1. The lowest BCUT2D eigenvalue weighted by atomic mass is 9.94. The van der Waals surface area contributed by atoms with Gasteiger partial charge in [0.1, 0.15) is 12.7 Å². The van der Waals surface area contributed by atoms with E-state index in [1.54, 1.807) is 12.1 Å². The minimum absolute atomic E-state index is 0.138. The zero-order chi connectivity index (χ0) is 30.3. The van der Waals surface area contributed by atoms with Gasteiger partial charge in [0, 0.05) is 41.5 Å². The van der Waals surface area contributed by atoms with Gasteiger partial charge in [-0.05, 0) is 35.7 Å². The summed E-state index contributed by atoms with van der Waals surface area (Å²) in [5, 5.41) is 11.2. The number of hydrogen-bond acceptors (Lipinski definition) is 7. The molecule has 2 amide bonds. The fourth-order valence-corrected chi connectivity index (χ4v) is 6.46. The number of thioether (sulfide) groups is 1. The van der Waals surface area contributed by atoms with Crippen molar-refractivity contribution in [2.24, 2.45) is 0 Å². The second kappa shape index (κ2) is 11.5. The maximum Gasteiger partial charge on any atom is 0.415 e. The van der Waals surface area contributed by atoms with Gasteiger partial charge in [0.25, 0.3) is 5.91 Å². The minimum Gasteiger partial charge on any atom is -0.403 e. The van der Waals surface area contributed by atoms with Crippen molar-refractivity contribution in [3.63, 3.8) is 0 Å². The van der Waals surface area contributed by atoms with E-state index in [4.69, 9.17) is 16.3 Å². The second-order valence-electron chi connectivity index (χ2n) is 9.83. The molecule has 0 spiro atoms. The number of carbonyl (C=O) groups excluding carboxylic acids is 2. The van der Waals surface area contributed by atoms with E-state index in [9.17, 15) is 32.7 Å². The highest BCUT2D eigenvalue weighted by Gasteiger charge is 2.48. The van der Waals surface area contributed by atoms with E-state index in [1.165, 1.54) is 34.7 Å². The molecule has 3 aromatic rings. The summed E-state index contributed by atoms with van der Waals surface area (Å²) >= 11 is 8.13. The Bertz CT molecular complexity index is 1600. The first kappa shape index (κ1) is 29.8. The monoisotopic (exact) mass is 622 g/mol. The van der Waals surface area contributed by atoms with Crippen LogP contribution in [0.25, 0.3) is 0 Å². The van der Waals surface area contributed by atoms with Crippen LogP contribution in [0, 0.1) is 0 Å². The topological polar surface area (TPSA) is 95.3 Å². The Kier molecular flexibility index (Phi) is 8.19. The van der Waals surface area contributed by atoms with Crippen molar-refractivity contribution in [2.45, 2.75) is 35.8 Å². The molecule has 0 aliphatic carbocycles. The highest BCUT2D eigenvalue weighted by atomic mass is 35.5. The molecule has 0 unspecified atom stereocenters. The van der Waals surface area contributed by atoms with Gasteiger partial charge in [-0.2, -0.15) is 13.2 Å². The number of ether oxygens (including phenoxy) is 1. The molecule has 9 nitrogen and oxygen atoms in total. The van der Waals surface area contributed by atoms with Crippen LogP contribution in [0.1, 0.15) is 40.1 Å². The van der Waals surface area contributed by atoms with Crippen molar-refractivity contribution >= 4 is 35.4 Å². The maximum atomic E-state index is 14.1. The largest absolute Gasteiger partial charge is 0.415 e. The third-order valence-electron chi connectivity index (χ3n) is 7.28. The molecule has 2 atom stereocenters. The van der Waals surface area contributed by atoms with Gasteiger partial charge in [0.2, 0.25) is 11.2 Å². The number of hydrogen-bond donors (Lipinski definition) is 1. The summed E-state index contributed by atoms with van der Waals surface area (Å²) in [5.74, 6) is -1.36. The van der Waals surface area contributed by atoms with Gasteiger partial charge in [-0.15, -0.1) is 11.8 Å². The molecule has 1 aromatic heterocycles. The molecule has 42 heavy (non-hydrogen) atoms. The van der Waals surface area contributed by atoms with Crippen molar-refractivity contribution in [3.05, 3.63) is 92.4 Å². The average Bonchev–Trinajstić information content (AvgIpc) is 3.11. The standard InChI is InChI=1S/C28H26ClF3N4O5S/c1-16(28(30,31)32)34-15-36(23-17-7-5-8-20(29)19(17)14-42-22-9-4-3-6-18(22)23)35-11-10-21(38)25(24(35)26(34)39)41-27(40)33(2)12-13-37/h3-11,16,23,37H,12-15H2,1-2H3/t16-,23+/m1/s1. The minimum atomic E-state index is -4.80. The van der Waals surface area contributed by atoms with Crippen LogP contribution in [0.4, 0.5) is 18.0 Å². The van der Waals surface area contributed by atoms with Crippen molar-refractivity contribution in [3.8, 4) is 5.75 Å². The van der Waals surface area contributed by atoms with Crippen LogP contribution in [0.2, 0.25) is 5.02 Å². The summed E-state index contributed by atoms with van der Waals surface area (Å²) in [4.78, 5) is 41.9. The van der Waals surface area contributed by atoms with Crippen LogP contribution >= 0.6 is 23.4 Å². The Balaban J connectivity index is 1.76. The van der Waals surface area contributed by atoms with Crippen molar-refractivity contribution in [1.29, 1.82) is 0 Å². The molecule has 2 aromatic carbocycles. The van der Waals surface area contributed by atoms with E-state index in [-0.39, 0.29) is 6.54 Å². The molecule has 1 N–H and O–H groups in total. The van der Waals surface area contributed by atoms with Crippen molar-refractivity contribution in [2.75, 3.05) is 31.9 Å².